The summed E-state index contributed by atoms with van der Waals surface area (Å²) >= 11 is 0. The summed E-state index contributed by atoms with van der Waals surface area (Å²) in [5.41, 5.74) is 1.35. The number of nitrogens with zero attached hydrogens (tertiary/aromatic N) is 2. The zero-order valence-corrected chi connectivity index (χ0v) is 11.5. The molecule has 0 aliphatic carbocycles. The normalized spacial score (nSPS) is 22.7. The summed E-state index contributed by atoms with van der Waals surface area (Å²) in [4.78, 5) is 6.29. The van der Waals surface area contributed by atoms with E-state index in [2.05, 4.69) is 40.9 Å². The maximum Gasteiger partial charge on any atom is 0.0775 e. The molecule has 1 aromatic carbocycles. The van der Waals surface area contributed by atoms with Gasteiger partial charge in [-0.2, -0.15) is 0 Å². The summed E-state index contributed by atoms with van der Waals surface area (Å²) in [6, 6.07) is 10.6. The summed E-state index contributed by atoms with van der Waals surface area (Å²) in [6.45, 7) is 7.01. The van der Waals surface area contributed by atoms with Crippen LogP contribution >= 0.6 is 0 Å². The Morgan fingerprint density at radius 3 is 2.84 bits per heavy atom. The minimum absolute atomic E-state index is 0.330. The Hall–Kier alpha value is -1.19. The van der Waals surface area contributed by atoms with Gasteiger partial charge in [0.05, 0.1) is 12.6 Å². The van der Waals surface area contributed by atoms with Crippen LogP contribution in [0.3, 0.4) is 0 Å². The molecule has 2 rings (SSSR count). The second kappa shape index (κ2) is 7.41. The smallest absolute Gasteiger partial charge is 0.0775 e. The van der Waals surface area contributed by atoms with Crippen molar-refractivity contribution >= 4 is 6.72 Å². The molecular formula is C16H24N2O. The van der Waals surface area contributed by atoms with Gasteiger partial charge >= 0.3 is 0 Å². The number of rotatable bonds is 5. The van der Waals surface area contributed by atoms with Crippen molar-refractivity contribution in [1.82, 2.24) is 4.90 Å². The summed E-state index contributed by atoms with van der Waals surface area (Å²) in [5, 5.41) is 10.1. The van der Waals surface area contributed by atoms with Crippen LogP contribution in [0, 0.1) is 5.92 Å². The average molecular weight is 260 g/mol. The van der Waals surface area contributed by atoms with Crippen LogP contribution in [0.2, 0.25) is 0 Å². The molecule has 1 aliphatic heterocycles. The zero-order valence-electron chi connectivity index (χ0n) is 11.5. The lowest BCUT2D eigenvalue weighted by Gasteiger charge is -2.26. The predicted octanol–water partition coefficient (Wildman–Crippen LogP) is 2.35. The molecule has 2 atom stereocenters. The van der Waals surface area contributed by atoms with Gasteiger partial charge < -0.3 is 5.11 Å². The average Bonchev–Trinajstić information content (AvgIpc) is 2.66. The van der Waals surface area contributed by atoms with Gasteiger partial charge in [-0.15, -0.1) is 0 Å². The van der Waals surface area contributed by atoms with E-state index in [9.17, 15) is 5.11 Å². The maximum absolute atomic E-state index is 10.1. The molecule has 3 heteroatoms. The highest BCUT2D eigenvalue weighted by atomic mass is 16.3. The van der Waals surface area contributed by atoms with Gasteiger partial charge in [0, 0.05) is 13.1 Å². The molecule has 0 saturated carbocycles. The number of benzene rings is 1. The molecule has 0 amide bonds. The molecule has 3 nitrogen and oxygen atoms in total. The van der Waals surface area contributed by atoms with Gasteiger partial charge in [0.25, 0.3) is 0 Å². The molecule has 0 spiro atoms. The minimum Gasteiger partial charge on any atom is -0.391 e. The van der Waals surface area contributed by atoms with Crippen LogP contribution < -0.4 is 0 Å². The highest BCUT2D eigenvalue weighted by Gasteiger charge is 2.24. The third-order valence-corrected chi connectivity index (χ3v) is 3.90. The standard InChI is InChI=1S/C16H24N2O/c1-17-11-16(19)15-9-5-6-10-18(13-15)12-14-7-3-2-4-8-14/h2-4,7-8,15-16,19H,1,5-6,9-13H2. The first kappa shape index (κ1) is 14.2. The summed E-state index contributed by atoms with van der Waals surface area (Å²) in [5.74, 6) is 0.330. The van der Waals surface area contributed by atoms with E-state index in [4.69, 9.17) is 0 Å². The second-order valence-electron chi connectivity index (χ2n) is 5.45. The van der Waals surface area contributed by atoms with Gasteiger partial charge in [0.1, 0.15) is 0 Å². The molecule has 1 heterocycles. The Morgan fingerprint density at radius 1 is 1.32 bits per heavy atom. The molecule has 1 aromatic rings. The zero-order chi connectivity index (χ0) is 13.5. The largest absolute Gasteiger partial charge is 0.391 e. The Kier molecular flexibility index (Phi) is 5.55. The fourth-order valence-electron chi connectivity index (χ4n) is 2.84. The molecule has 104 valence electrons. The summed E-state index contributed by atoms with van der Waals surface area (Å²) in [7, 11) is 0. The number of hydrogen-bond acceptors (Lipinski definition) is 3. The van der Waals surface area contributed by atoms with Gasteiger partial charge in [0.2, 0.25) is 0 Å². The number of aliphatic hydroxyl groups excluding tert-OH is 1. The van der Waals surface area contributed by atoms with E-state index in [1.807, 2.05) is 6.07 Å². The van der Waals surface area contributed by atoms with Crippen LogP contribution in [0.4, 0.5) is 0 Å². The summed E-state index contributed by atoms with van der Waals surface area (Å²) in [6.07, 6.45) is 3.18. The molecule has 19 heavy (non-hydrogen) atoms. The molecule has 0 radical (unpaired) electrons. The van der Waals surface area contributed by atoms with Crippen LogP contribution in [-0.4, -0.2) is 42.5 Å². The van der Waals surface area contributed by atoms with Crippen LogP contribution in [0.5, 0.6) is 0 Å². The van der Waals surface area contributed by atoms with Gasteiger partial charge in [-0.1, -0.05) is 36.8 Å². The molecule has 2 unspecified atom stereocenters. The first-order valence-corrected chi connectivity index (χ1v) is 7.16. The fraction of sp³-hybridized carbons (Fsp3) is 0.562. The Bertz CT molecular complexity index is 380. The highest BCUT2D eigenvalue weighted by molar-refractivity contribution is 5.23. The van der Waals surface area contributed by atoms with Crippen LogP contribution in [0.25, 0.3) is 0 Å². The van der Waals surface area contributed by atoms with E-state index in [-0.39, 0.29) is 6.10 Å². The Morgan fingerprint density at radius 2 is 2.11 bits per heavy atom. The van der Waals surface area contributed by atoms with E-state index in [1.54, 1.807) is 0 Å². The monoisotopic (exact) mass is 260 g/mol. The van der Waals surface area contributed by atoms with Crippen LogP contribution in [-0.2, 0) is 6.54 Å². The second-order valence-corrected chi connectivity index (χ2v) is 5.45. The van der Waals surface area contributed by atoms with Crippen molar-refractivity contribution in [2.24, 2.45) is 10.9 Å². The number of aliphatic imine (C=N–C) groups is 1. The first-order valence-electron chi connectivity index (χ1n) is 7.16. The third kappa shape index (κ3) is 4.44. The molecule has 0 aromatic heterocycles. The quantitative estimate of drug-likeness (QED) is 0.825. The van der Waals surface area contributed by atoms with Crippen molar-refractivity contribution in [1.29, 1.82) is 0 Å². The van der Waals surface area contributed by atoms with Crippen LogP contribution in [0.1, 0.15) is 24.8 Å². The molecular weight excluding hydrogens is 236 g/mol. The number of hydrogen-bond donors (Lipinski definition) is 1. The van der Waals surface area contributed by atoms with E-state index in [0.717, 1.165) is 26.1 Å². The lowest BCUT2D eigenvalue weighted by atomic mass is 9.97. The van der Waals surface area contributed by atoms with Gasteiger partial charge in [0.15, 0.2) is 0 Å². The van der Waals surface area contributed by atoms with Gasteiger partial charge in [-0.25, -0.2) is 0 Å². The molecule has 1 N–H and O–H groups in total. The SMILES string of the molecule is C=NCC(O)C1CCCCN(Cc2ccccc2)C1. The Labute approximate surface area is 116 Å². The van der Waals surface area contributed by atoms with E-state index < -0.39 is 0 Å². The van der Waals surface area contributed by atoms with Gasteiger partial charge in [-0.3, -0.25) is 9.89 Å². The predicted molar refractivity (Wildman–Crippen MR) is 79.5 cm³/mol. The molecule has 1 saturated heterocycles. The van der Waals surface area contributed by atoms with Crippen LogP contribution in [0.15, 0.2) is 35.3 Å². The van der Waals surface area contributed by atoms with Crippen molar-refractivity contribution in [3.8, 4) is 0 Å². The van der Waals surface area contributed by atoms with Crippen molar-refractivity contribution in [3.05, 3.63) is 35.9 Å². The topological polar surface area (TPSA) is 35.8 Å². The molecule has 1 fully saturated rings. The van der Waals surface area contributed by atoms with Gasteiger partial charge in [-0.05, 0) is 37.6 Å². The third-order valence-electron chi connectivity index (χ3n) is 3.90. The summed E-state index contributed by atoms with van der Waals surface area (Å²) < 4.78 is 0. The number of likely N-dealkylation sites (tertiary alicyclic amines) is 1. The fourth-order valence-corrected chi connectivity index (χ4v) is 2.84. The lowest BCUT2D eigenvalue weighted by Crippen LogP contribution is -2.34. The van der Waals surface area contributed by atoms with Crippen molar-refractivity contribution in [2.75, 3.05) is 19.6 Å². The first-order chi connectivity index (χ1) is 9.29. The van der Waals surface area contributed by atoms with Crippen molar-refractivity contribution in [2.45, 2.75) is 31.9 Å². The molecule has 1 aliphatic rings. The van der Waals surface area contributed by atoms with E-state index in [0.29, 0.717) is 12.5 Å². The minimum atomic E-state index is -0.339. The lowest BCUT2D eigenvalue weighted by molar-refractivity contribution is 0.0880. The highest BCUT2D eigenvalue weighted by Crippen LogP contribution is 2.21. The Balaban J connectivity index is 1.94. The van der Waals surface area contributed by atoms with Crippen molar-refractivity contribution < 1.29 is 5.11 Å². The van der Waals surface area contributed by atoms with E-state index in [1.165, 1.54) is 18.4 Å². The molecule has 0 bridgehead atoms. The number of aliphatic hydroxyl groups is 1. The maximum atomic E-state index is 10.1. The van der Waals surface area contributed by atoms with Crippen molar-refractivity contribution in [3.63, 3.8) is 0 Å². The van der Waals surface area contributed by atoms with E-state index >= 15 is 0 Å².